The number of nitrogens with zero attached hydrogens (tertiary/aromatic N) is 6. The summed E-state index contributed by atoms with van der Waals surface area (Å²) in [6, 6.07) is 1.85. The molecule has 9 heteroatoms. The molecular formula is C18H28N8S. The van der Waals surface area contributed by atoms with E-state index in [0.29, 0.717) is 0 Å². The van der Waals surface area contributed by atoms with Crippen molar-refractivity contribution in [1.82, 2.24) is 30.5 Å². The fraction of sp³-hybridized carbons (Fsp3) is 0.556. The normalized spacial score (nSPS) is 15.8. The Morgan fingerprint density at radius 3 is 2.52 bits per heavy atom. The Kier molecular flexibility index (Phi) is 6.94. The molecule has 2 aromatic rings. The smallest absolute Gasteiger partial charge is 0.225 e. The van der Waals surface area contributed by atoms with Crippen molar-refractivity contribution < 1.29 is 0 Å². The van der Waals surface area contributed by atoms with E-state index in [1.165, 1.54) is 4.88 Å². The van der Waals surface area contributed by atoms with E-state index in [-0.39, 0.29) is 0 Å². The Morgan fingerprint density at radius 1 is 1.15 bits per heavy atom. The summed E-state index contributed by atoms with van der Waals surface area (Å²) < 4.78 is 0. The molecule has 3 heterocycles. The summed E-state index contributed by atoms with van der Waals surface area (Å²) in [6.07, 6.45) is 3.60. The van der Waals surface area contributed by atoms with Gasteiger partial charge in [0.05, 0.1) is 17.2 Å². The van der Waals surface area contributed by atoms with Crippen LogP contribution in [0.4, 0.5) is 5.95 Å². The number of piperazine rings is 1. The molecule has 146 valence electrons. The maximum absolute atomic E-state index is 4.46. The highest BCUT2D eigenvalue weighted by Crippen LogP contribution is 2.16. The van der Waals surface area contributed by atoms with Crippen molar-refractivity contribution in [1.29, 1.82) is 0 Å². The average molecular weight is 389 g/mol. The van der Waals surface area contributed by atoms with Gasteiger partial charge in [-0.1, -0.05) is 0 Å². The zero-order chi connectivity index (χ0) is 19.1. The molecule has 0 amide bonds. The third-order valence-electron chi connectivity index (χ3n) is 4.57. The maximum Gasteiger partial charge on any atom is 0.225 e. The van der Waals surface area contributed by atoms with Crippen LogP contribution in [0, 0.1) is 13.8 Å². The highest BCUT2D eigenvalue weighted by Gasteiger charge is 2.18. The standard InChI is InChI=1S/C18H28N8S/c1-14-16(27-15(2)24-14)13-23-17(19-3)20-7-8-25-9-11-26(12-10-25)18-21-5-4-6-22-18/h4-6H,7-13H2,1-3H3,(H2,19,20,23). The van der Waals surface area contributed by atoms with Gasteiger partial charge in [-0.25, -0.2) is 15.0 Å². The minimum absolute atomic E-state index is 0.757. The van der Waals surface area contributed by atoms with Crippen LogP contribution in [0.3, 0.4) is 0 Å². The number of thiazole rings is 1. The Morgan fingerprint density at radius 2 is 1.89 bits per heavy atom. The highest BCUT2D eigenvalue weighted by molar-refractivity contribution is 7.11. The van der Waals surface area contributed by atoms with Gasteiger partial charge in [0.15, 0.2) is 5.96 Å². The van der Waals surface area contributed by atoms with Crippen LogP contribution in [0.5, 0.6) is 0 Å². The summed E-state index contributed by atoms with van der Waals surface area (Å²) in [7, 11) is 1.80. The summed E-state index contributed by atoms with van der Waals surface area (Å²) >= 11 is 1.73. The van der Waals surface area contributed by atoms with E-state index in [9.17, 15) is 0 Å². The molecule has 2 aromatic heterocycles. The van der Waals surface area contributed by atoms with Gasteiger partial charge >= 0.3 is 0 Å². The topological polar surface area (TPSA) is 81.6 Å². The first kappa shape index (κ1) is 19.5. The minimum Gasteiger partial charge on any atom is -0.355 e. The Hall–Kier alpha value is -2.26. The number of guanidine groups is 1. The van der Waals surface area contributed by atoms with E-state index >= 15 is 0 Å². The van der Waals surface area contributed by atoms with E-state index in [0.717, 1.165) is 68.4 Å². The predicted octanol–water partition coefficient (Wildman–Crippen LogP) is 1.04. The van der Waals surface area contributed by atoms with Crippen LogP contribution in [-0.2, 0) is 6.54 Å². The number of aryl methyl sites for hydroxylation is 2. The molecule has 1 fully saturated rings. The van der Waals surface area contributed by atoms with Gasteiger partial charge in [0, 0.05) is 63.6 Å². The second kappa shape index (κ2) is 9.61. The van der Waals surface area contributed by atoms with Crippen molar-refractivity contribution in [2.75, 3.05) is 51.2 Å². The molecule has 3 rings (SSSR count). The predicted molar refractivity (Wildman–Crippen MR) is 110 cm³/mol. The molecule has 8 nitrogen and oxygen atoms in total. The largest absolute Gasteiger partial charge is 0.355 e. The Labute approximate surface area is 164 Å². The molecule has 1 saturated heterocycles. The minimum atomic E-state index is 0.757. The van der Waals surface area contributed by atoms with Gasteiger partial charge < -0.3 is 15.5 Å². The molecule has 0 atom stereocenters. The van der Waals surface area contributed by atoms with Crippen LogP contribution >= 0.6 is 11.3 Å². The molecule has 0 saturated carbocycles. The molecule has 1 aliphatic rings. The third kappa shape index (κ3) is 5.61. The van der Waals surface area contributed by atoms with E-state index in [1.807, 2.05) is 13.0 Å². The molecule has 0 spiro atoms. The molecule has 2 N–H and O–H groups in total. The molecule has 27 heavy (non-hydrogen) atoms. The van der Waals surface area contributed by atoms with Crippen molar-refractivity contribution in [3.63, 3.8) is 0 Å². The zero-order valence-electron chi connectivity index (χ0n) is 16.3. The van der Waals surface area contributed by atoms with Crippen LogP contribution < -0.4 is 15.5 Å². The van der Waals surface area contributed by atoms with Gasteiger partial charge in [-0.2, -0.15) is 0 Å². The fourth-order valence-corrected chi connectivity index (χ4v) is 3.96. The lowest BCUT2D eigenvalue weighted by atomic mass is 10.3. The van der Waals surface area contributed by atoms with E-state index < -0.39 is 0 Å². The number of aliphatic imine (C=N–C) groups is 1. The summed E-state index contributed by atoms with van der Waals surface area (Å²) in [4.78, 5) is 23.4. The molecule has 0 bridgehead atoms. The van der Waals surface area contributed by atoms with Gasteiger partial charge in [0.2, 0.25) is 5.95 Å². The van der Waals surface area contributed by atoms with Gasteiger partial charge in [0.25, 0.3) is 0 Å². The maximum atomic E-state index is 4.46. The monoisotopic (exact) mass is 388 g/mol. The lowest BCUT2D eigenvalue weighted by Gasteiger charge is -2.34. The molecule has 0 aromatic carbocycles. The molecule has 0 radical (unpaired) electrons. The molecular weight excluding hydrogens is 360 g/mol. The molecule has 1 aliphatic heterocycles. The Bertz CT molecular complexity index is 737. The van der Waals surface area contributed by atoms with Crippen molar-refractivity contribution in [3.05, 3.63) is 34.0 Å². The number of hydrogen-bond acceptors (Lipinski definition) is 7. The van der Waals surface area contributed by atoms with E-state index in [4.69, 9.17) is 0 Å². The summed E-state index contributed by atoms with van der Waals surface area (Å²) in [5.41, 5.74) is 1.10. The lowest BCUT2D eigenvalue weighted by molar-refractivity contribution is 0.260. The quantitative estimate of drug-likeness (QED) is 0.565. The number of anilines is 1. The van der Waals surface area contributed by atoms with E-state index in [1.54, 1.807) is 30.8 Å². The molecule has 0 unspecified atom stereocenters. The molecule has 0 aliphatic carbocycles. The van der Waals surface area contributed by atoms with Crippen LogP contribution in [0.2, 0.25) is 0 Å². The Balaban J connectivity index is 1.36. The fourth-order valence-electron chi connectivity index (χ4n) is 3.08. The summed E-state index contributed by atoms with van der Waals surface area (Å²) in [5.74, 6) is 1.66. The van der Waals surface area contributed by atoms with Crippen LogP contribution in [0.25, 0.3) is 0 Å². The second-order valence-corrected chi connectivity index (χ2v) is 7.76. The first-order valence-electron chi connectivity index (χ1n) is 9.27. The number of aromatic nitrogens is 3. The van der Waals surface area contributed by atoms with Gasteiger partial charge in [-0.3, -0.25) is 9.89 Å². The van der Waals surface area contributed by atoms with Gasteiger partial charge in [0.1, 0.15) is 0 Å². The lowest BCUT2D eigenvalue weighted by Crippen LogP contribution is -2.49. The number of nitrogens with one attached hydrogen (secondary N) is 2. The number of rotatable bonds is 6. The summed E-state index contributed by atoms with van der Waals surface area (Å²) in [5, 5.41) is 7.88. The van der Waals surface area contributed by atoms with Gasteiger partial charge in [-0.15, -0.1) is 11.3 Å². The first-order valence-corrected chi connectivity index (χ1v) is 10.1. The summed E-state index contributed by atoms with van der Waals surface area (Å²) in [6.45, 7) is 10.7. The van der Waals surface area contributed by atoms with Crippen molar-refractivity contribution in [2.24, 2.45) is 4.99 Å². The second-order valence-electron chi connectivity index (χ2n) is 6.47. The highest BCUT2D eigenvalue weighted by atomic mass is 32.1. The SMILES string of the molecule is CN=C(NCCN1CCN(c2ncccn2)CC1)NCc1sc(C)nc1C. The van der Waals surface area contributed by atoms with Crippen LogP contribution in [-0.4, -0.2) is 72.1 Å². The van der Waals surface area contributed by atoms with Gasteiger partial charge in [-0.05, 0) is 19.9 Å². The third-order valence-corrected chi connectivity index (χ3v) is 5.64. The van der Waals surface area contributed by atoms with Crippen molar-refractivity contribution >= 4 is 23.2 Å². The number of hydrogen-bond donors (Lipinski definition) is 2. The van der Waals surface area contributed by atoms with Crippen LogP contribution in [0.15, 0.2) is 23.5 Å². The first-order chi connectivity index (χ1) is 13.2. The van der Waals surface area contributed by atoms with Crippen molar-refractivity contribution in [2.45, 2.75) is 20.4 Å². The van der Waals surface area contributed by atoms with E-state index in [2.05, 4.69) is 47.3 Å². The average Bonchev–Trinajstić information content (AvgIpc) is 3.03. The van der Waals surface area contributed by atoms with Crippen LogP contribution in [0.1, 0.15) is 15.6 Å². The zero-order valence-corrected chi connectivity index (χ0v) is 17.1. The van der Waals surface area contributed by atoms with Crippen molar-refractivity contribution in [3.8, 4) is 0 Å².